The highest BCUT2D eigenvalue weighted by atomic mass is 16.5. The van der Waals surface area contributed by atoms with Crippen LogP contribution in [0, 0.1) is 5.41 Å². The highest BCUT2D eigenvalue weighted by Crippen LogP contribution is 2.31. The Morgan fingerprint density at radius 2 is 2.29 bits per heavy atom. The molecule has 0 aliphatic carbocycles. The average molecular weight is 235 g/mol. The molecule has 0 spiro atoms. The molecule has 2 rings (SSSR count). The van der Waals surface area contributed by atoms with Crippen molar-refractivity contribution >= 4 is 5.91 Å². The zero-order chi connectivity index (χ0) is 12.5. The smallest absolute Gasteiger partial charge is 0.233 e. The van der Waals surface area contributed by atoms with Crippen molar-refractivity contribution in [3.63, 3.8) is 0 Å². The van der Waals surface area contributed by atoms with E-state index >= 15 is 0 Å². The second-order valence-corrected chi connectivity index (χ2v) is 4.78. The van der Waals surface area contributed by atoms with E-state index in [0.717, 1.165) is 5.69 Å². The minimum atomic E-state index is -0.365. The summed E-state index contributed by atoms with van der Waals surface area (Å²) in [6, 6.07) is 1.77. The molecule has 92 valence electrons. The molecular weight excluding hydrogens is 218 g/mol. The highest BCUT2D eigenvalue weighted by Gasteiger charge is 2.43. The molecule has 1 fully saturated rings. The lowest BCUT2D eigenvalue weighted by Gasteiger charge is -2.40. The van der Waals surface area contributed by atoms with Gasteiger partial charge in [0.25, 0.3) is 0 Å². The van der Waals surface area contributed by atoms with Gasteiger partial charge in [0, 0.05) is 13.2 Å². The number of ether oxygens (including phenoxy) is 1. The summed E-state index contributed by atoms with van der Waals surface area (Å²) in [6.07, 6.45) is 3.18. The van der Waals surface area contributed by atoms with Crippen LogP contribution in [0.1, 0.15) is 25.6 Å². The monoisotopic (exact) mass is 235 g/mol. The molecule has 1 aromatic heterocycles. The van der Waals surface area contributed by atoms with Gasteiger partial charge in [0.05, 0.1) is 30.4 Å². The van der Waals surface area contributed by atoms with Gasteiger partial charge in [0.2, 0.25) is 5.91 Å². The second kappa shape index (κ2) is 4.41. The Labute approximate surface area is 101 Å². The van der Waals surface area contributed by atoms with Crippen molar-refractivity contribution in [2.75, 3.05) is 20.3 Å². The van der Waals surface area contributed by atoms with Crippen molar-refractivity contribution in [3.8, 4) is 0 Å². The molecule has 0 bridgehead atoms. The molecule has 5 nitrogen and oxygen atoms in total. The van der Waals surface area contributed by atoms with Crippen molar-refractivity contribution in [1.82, 2.24) is 14.9 Å². The van der Waals surface area contributed by atoms with Crippen LogP contribution in [0.5, 0.6) is 0 Å². The molecule has 0 radical (unpaired) electrons. The molecule has 2 heterocycles. The molecule has 1 unspecified atom stereocenters. The normalized spacial score (nSPS) is 19.2. The number of nitrogens with zero attached hydrogens (tertiary/aromatic N) is 3. The SMILES string of the molecule is CC(c1ccncn1)N(C)C(=O)C1(C)COC1. The Morgan fingerprint density at radius 1 is 1.59 bits per heavy atom. The molecule has 1 aromatic rings. The van der Waals surface area contributed by atoms with Gasteiger partial charge in [0.1, 0.15) is 6.33 Å². The van der Waals surface area contributed by atoms with E-state index in [4.69, 9.17) is 4.74 Å². The third-order valence-corrected chi connectivity index (χ3v) is 3.29. The summed E-state index contributed by atoms with van der Waals surface area (Å²) >= 11 is 0. The fraction of sp³-hybridized carbons (Fsp3) is 0.583. The number of aromatic nitrogens is 2. The molecular formula is C12H17N3O2. The molecule has 1 saturated heterocycles. The summed E-state index contributed by atoms with van der Waals surface area (Å²) in [6.45, 7) is 4.91. The Kier molecular flexibility index (Phi) is 3.11. The van der Waals surface area contributed by atoms with E-state index in [9.17, 15) is 4.79 Å². The number of amides is 1. The molecule has 1 aliphatic heterocycles. The lowest BCUT2D eigenvalue weighted by Crippen LogP contribution is -2.52. The van der Waals surface area contributed by atoms with Crippen molar-refractivity contribution in [2.24, 2.45) is 5.41 Å². The predicted molar refractivity (Wildman–Crippen MR) is 62.1 cm³/mol. The third-order valence-electron chi connectivity index (χ3n) is 3.29. The standard InChI is InChI=1S/C12H17N3O2/c1-9(10-4-5-13-8-14-10)15(3)11(16)12(2)6-17-7-12/h4-5,8-9H,6-7H2,1-3H3. The molecule has 1 amide bonds. The van der Waals surface area contributed by atoms with Crippen LogP contribution in [0.2, 0.25) is 0 Å². The van der Waals surface area contributed by atoms with E-state index < -0.39 is 0 Å². The van der Waals surface area contributed by atoms with Gasteiger partial charge in [-0.25, -0.2) is 9.97 Å². The third kappa shape index (κ3) is 2.15. The zero-order valence-corrected chi connectivity index (χ0v) is 10.4. The van der Waals surface area contributed by atoms with Crippen LogP contribution in [0.4, 0.5) is 0 Å². The van der Waals surface area contributed by atoms with Crippen molar-refractivity contribution in [3.05, 3.63) is 24.3 Å². The summed E-state index contributed by atoms with van der Waals surface area (Å²) in [5, 5.41) is 0. The maximum absolute atomic E-state index is 12.3. The Bertz CT molecular complexity index is 403. The number of hydrogen-bond donors (Lipinski definition) is 0. The van der Waals surface area contributed by atoms with E-state index in [2.05, 4.69) is 9.97 Å². The molecule has 5 heteroatoms. The van der Waals surface area contributed by atoms with Gasteiger partial charge >= 0.3 is 0 Å². The first kappa shape index (κ1) is 12.0. The van der Waals surface area contributed by atoms with Crippen LogP contribution in [0.15, 0.2) is 18.6 Å². The lowest BCUT2D eigenvalue weighted by molar-refractivity contribution is -0.169. The predicted octanol–water partition coefficient (Wildman–Crippen LogP) is 1.03. The summed E-state index contributed by atoms with van der Waals surface area (Å²) < 4.78 is 5.12. The first-order chi connectivity index (χ1) is 8.04. The first-order valence-corrected chi connectivity index (χ1v) is 5.65. The van der Waals surface area contributed by atoms with E-state index in [-0.39, 0.29) is 17.4 Å². The number of carbonyl (C=O) groups is 1. The van der Waals surface area contributed by atoms with Crippen LogP contribution < -0.4 is 0 Å². The van der Waals surface area contributed by atoms with Crippen LogP contribution in [0.3, 0.4) is 0 Å². The van der Waals surface area contributed by atoms with Gasteiger partial charge in [-0.3, -0.25) is 4.79 Å². The van der Waals surface area contributed by atoms with E-state index in [1.807, 2.05) is 19.9 Å². The van der Waals surface area contributed by atoms with E-state index in [1.165, 1.54) is 6.33 Å². The maximum Gasteiger partial charge on any atom is 0.233 e. The van der Waals surface area contributed by atoms with E-state index in [0.29, 0.717) is 13.2 Å². The second-order valence-electron chi connectivity index (χ2n) is 4.78. The Morgan fingerprint density at radius 3 is 2.76 bits per heavy atom. The minimum Gasteiger partial charge on any atom is -0.379 e. The number of rotatable bonds is 3. The largest absolute Gasteiger partial charge is 0.379 e. The fourth-order valence-electron chi connectivity index (χ4n) is 1.88. The van der Waals surface area contributed by atoms with Gasteiger partial charge < -0.3 is 9.64 Å². The van der Waals surface area contributed by atoms with Crippen LogP contribution in [-0.2, 0) is 9.53 Å². The van der Waals surface area contributed by atoms with Crippen LogP contribution in [-0.4, -0.2) is 41.0 Å². The Hall–Kier alpha value is -1.49. The summed E-state index contributed by atoms with van der Waals surface area (Å²) in [5.74, 6) is 0.106. The van der Waals surface area contributed by atoms with Gasteiger partial charge in [-0.15, -0.1) is 0 Å². The molecule has 1 atom stereocenters. The summed E-state index contributed by atoms with van der Waals surface area (Å²) in [5.41, 5.74) is 0.482. The molecule has 0 aromatic carbocycles. The molecule has 0 saturated carbocycles. The van der Waals surface area contributed by atoms with Crippen molar-refractivity contribution in [2.45, 2.75) is 19.9 Å². The summed E-state index contributed by atoms with van der Waals surface area (Å²) in [7, 11) is 1.80. The molecule has 17 heavy (non-hydrogen) atoms. The average Bonchev–Trinajstić information content (AvgIpc) is 2.34. The fourth-order valence-corrected chi connectivity index (χ4v) is 1.88. The quantitative estimate of drug-likeness (QED) is 0.785. The van der Waals surface area contributed by atoms with Crippen molar-refractivity contribution in [1.29, 1.82) is 0 Å². The minimum absolute atomic E-state index is 0.0528. The highest BCUT2D eigenvalue weighted by molar-refractivity contribution is 5.83. The van der Waals surface area contributed by atoms with Gasteiger partial charge in [-0.1, -0.05) is 0 Å². The topological polar surface area (TPSA) is 55.3 Å². The zero-order valence-electron chi connectivity index (χ0n) is 10.4. The number of hydrogen-bond acceptors (Lipinski definition) is 4. The van der Waals surface area contributed by atoms with Crippen molar-refractivity contribution < 1.29 is 9.53 Å². The van der Waals surface area contributed by atoms with Gasteiger partial charge in [0.15, 0.2) is 0 Å². The number of carbonyl (C=O) groups excluding carboxylic acids is 1. The van der Waals surface area contributed by atoms with Gasteiger partial charge in [-0.05, 0) is 19.9 Å². The summed E-state index contributed by atoms with van der Waals surface area (Å²) in [4.78, 5) is 22.0. The maximum atomic E-state index is 12.3. The lowest BCUT2D eigenvalue weighted by atomic mass is 9.86. The van der Waals surface area contributed by atoms with Crippen LogP contribution in [0.25, 0.3) is 0 Å². The first-order valence-electron chi connectivity index (χ1n) is 5.65. The Balaban J connectivity index is 2.10. The van der Waals surface area contributed by atoms with E-state index in [1.54, 1.807) is 18.1 Å². The molecule has 1 aliphatic rings. The van der Waals surface area contributed by atoms with Gasteiger partial charge in [-0.2, -0.15) is 0 Å². The van der Waals surface area contributed by atoms with Crippen LogP contribution >= 0.6 is 0 Å². The molecule has 0 N–H and O–H groups in total.